The Balaban J connectivity index is 1.90. The van der Waals surface area contributed by atoms with Crippen LogP contribution in [0.25, 0.3) is 0 Å². The van der Waals surface area contributed by atoms with E-state index in [9.17, 15) is 4.79 Å². The molecule has 2 aromatic rings. The Morgan fingerprint density at radius 2 is 1.95 bits per heavy atom. The summed E-state index contributed by atoms with van der Waals surface area (Å²) in [4.78, 5) is 12.1. The molecular formula is C14H9ClO4. The van der Waals surface area contributed by atoms with Gasteiger partial charge in [-0.2, -0.15) is 0 Å². The van der Waals surface area contributed by atoms with E-state index in [-0.39, 0.29) is 6.79 Å². The van der Waals surface area contributed by atoms with E-state index in [4.69, 9.17) is 25.8 Å². The predicted molar refractivity (Wildman–Crippen MR) is 69.0 cm³/mol. The van der Waals surface area contributed by atoms with Crippen LogP contribution in [0.1, 0.15) is 10.4 Å². The third-order valence-corrected chi connectivity index (χ3v) is 2.97. The van der Waals surface area contributed by atoms with Gasteiger partial charge in [0, 0.05) is 0 Å². The Bertz CT molecular complexity index is 639. The lowest BCUT2D eigenvalue weighted by molar-refractivity contribution is 0.0730. The Morgan fingerprint density at radius 1 is 1.11 bits per heavy atom. The highest BCUT2D eigenvalue weighted by molar-refractivity contribution is 6.32. The number of rotatable bonds is 2. The lowest BCUT2D eigenvalue weighted by Gasteiger charge is -2.07. The van der Waals surface area contributed by atoms with Gasteiger partial charge < -0.3 is 14.2 Å². The van der Waals surface area contributed by atoms with E-state index >= 15 is 0 Å². The average Bonchev–Trinajstić information content (AvgIpc) is 2.89. The summed E-state index contributed by atoms with van der Waals surface area (Å²) in [5, 5.41) is 0.376. The quantitative estimate of drug-likeness (QED) is 0.624. The van der Waals surface area contributed by atoms with Crippen LogP contribution < -0.4 is 14.2 Å². The molecule has 0 atom stereocenters. The highest BCUT2D eigenvalue weighted by atomic mass is 35.5. The van der Waals surface area contributed by atoms with E-state index in [0.29, 0.717) is 27.8 Å². The molecule has 0 saturated heterocycles. The monoisotopic (exact) mass is 276 g/mol. The van der Waals surface area contributed by atoms with Gasteiger partial charge in [-0.3, -0.25) is 0 Å². The fourth-order valence-electron chi connectivity index (χ4n) is 1.77. The highest BCUT2D eigenvalue weighted by Crippen LogP contribution is 2.36. The summed E-state index contributed by atoms with van der Waals surface area (Å²) >= 11 is 5.94. The van der Waals surface area contributed by atoms with Gasteiger partial charge in [0.05, 0.1) is 5.02 Å². The fraction of sp³-hybridized carbons (Fsp3) is 0.0714. The molecule has 2 aromatic carbocycles. The molecule has 0 aromatic heterocycles. The normalized spacial score (nSPS) is 12.3. The Morgan fingerprint density at radius 3 is 2.79 bits per heavy atom. The molecule has 5 heteroatoms. The Labute approximate surface area is 114 Å². The Hall–Kier alpha value is -2.20. The maximum absolute atomic E-state index is 12.1. The molecule has 0 saturated carbocycles. The molecule has 1 aliphatic rings. The van der Waals surface area contributed by atoms with Crippen LogP contribution in [0.15, 0.2) is 42.5 Å². The van der Waals surface area contributed by atoms with Gasteiger partial charge >= 0.3 is 5.97 Å². The molecule has 0 spiro atoms. The van der Waals surface area contributed by atoms with Crippen LogP contribution in [0, 0.1) is 0 Å². The van der Waals surface area contributed by atoms with E-state index in [2.05, 4.69) is 0 Å². The number of esters is 1. The minimum Gasteiger partial charge on any atom is -0.454 e. The van der Waals surface area contributed by atoms with Crippen molar-refractivity contribution in [3.05, 3.63) is 53.1 Å². The van der Waals surface area contributed by atoms with Gasteiger partial charge in [-0.05, 0) is 24.3 Å². The second-order valence-electron chi connectivity index (χ2n) is 3.86. The number of carbonyl (C=O) groups excluding carboxylic acids is 1. The van der Waals surface area contributed by atoms with Crippen LogP contribution in [0.2, 0.25) is 5.02 Å². The summed E-state index contributed by atoms with van der Waals surface area (Å²) in [5.74, 6) is 0.717. The molecule has 0 radical (unpaired) electrons. The second kappa shape index (κ2) is 4.82. The molecule has 0 bridgehead atoms. The van der Waals surface area contributed by atoms with E-state index in [1.165, 1.54) is 0 Å². The van der Waals surface area contributed by atoms with Gasteiger partial charge in [-0.15, -0.1) is 0 Å². The maximum atomic E-state index is 12.1. The molecule has 0 N–H and O–H groups in total. The summed E-state index contributed by atoms with van der Waals surface area (Å²) in [7, 11) is 0. The maximum Gasteiger partial charge on any atom is 0.347 e. The molecule has 0 aliphatic carbocycles. The number of hydrogen-bond donors (Lipinski definition) is 0. The number of ether oxygens (including phenoxy) is 3. The molecule has 1 aliphatic heterocycles. The smallest absolute Gasteiger partial charge is 0.347 e. The topological polar surface area (TPSA) is 44.8 Å². The molecule has 4 nitrogen and oxygen atoms in total. The first-order valence-electron chi connectivity index (χ1n) is 5.61. The highest BCUT2D eigenvalue weighted by Gasteiger charge is 2.23. The van der Waals surface area contributed by atoms with Crippen molar-refractivity contribution in [3.8, 4) is 17.2 Å². The van der Waals surface area contributed by atoms with E-state index in [1.54, 1.807) is 42.5 Å². The summed E-state index contributed by atoms with van der Waals surface area (Å²) in [5.41, 5.74) is 0.315. The summed E-state index contributed by atoms with van der Waals surface area (Å²) in [6, 6.07) is 11.8. The van der Waals surface area contributed by atoms with Gasteiger partial charge in [0.2, 0.25) is 6.79 Å². The summed E-state index contributed by atoms with van der Waals surface area (Å²) in [6.45, 7) is 0.103. The van der Waals surface area contributed by atoms with Crippen LogP contribution >= 0.6 is 11.6 Å². The molecule has 0 unspecified atom stereocenters. The van der Waals surface area contributed by atoms with Crippen molar-refractivity contribution < 1.29 is 19.0 Å². The van der Waals surface area contributed by atoms with Gasteiger partial charge in [0.15, 0.2) is 11.5 Å². The van der Waals surface area contributed by atoms with Crippen molar-refractivity contribution in [2.75, 3.05) is 6.79 Å². The van der Waals surface area contributed by atoms with Crippen LogP contribution in [-0.4, -0.2) is 12.8 Å². The lowest BCUT2D eigenvalue weighted by Crippen LogP contribution is -2.09. The number of halogens is 1. The molecule has 0 fully saturated rings. The lowest BCUT2D eigenvalue weighted by atomic mass is 10.2. The Kier molecular flexibility index (Phi) is 3.01. The minimum absolute atomic E-state index is 0.103. The standard InChI is InChI=1S/C14H9ClO4/c15-10-5-1-2-6-11(10)19-14(16)9-4-3-7-12-13(9)18-8-17-12/h1-7H,8H2. The zero-order valence-corrected chi connectivity index (χ0v) is 10.5. The average molecular weight is 277 g/mol. The number of para-hydroxylation sites is 2. The summed E-state index contributed by atoms with van der Waals surface area (Å²) in [6.07, 6.45) is 0. The largest absolute Gasteiger partial charge is 0.454 e. The molecule has 0 amide bonds. The van der Waals surface area contributed by atoms with Crippen LogP contribution in [0.4, 0.5) is 0 Å². The third kappa shape index (κ3) is 2.22. The van der Waals surface area contributed by atoms with Crippen LogP contribution in [0.3, 0.4) is 0 Å². The van der Waals surface area contributed by atoms with Crippen LogP contribution in [-0.2, 0) is 0 Å². The number of hydrogen-bond acceptors (Lipinski definition) is 4. The molecule has 96 valence electrons. The van der Waals surface area contributed by atoms with Crippen molar-refractivity contribution >= 4 is 17.6 Å². The zero-order valence-electron chi connectivity index (χ0n) is 9.76. The van der Waals surface area contributed by atoms with E-state index in [1.807, 2.05) is 0 Å². The van der Waals surface area contributed by atoms with Gasteiger partial charge in [-0.25, -0.2) is 4.79 Å². The van der Waals surface area contributed by atoms with Crippen molar-refractivity contribution in [2.45, 2.75) is 0 Å². The zero-order chi connectivity index (χ0) is 13.2. The number of benzene rings is 2. The molecule has 3 rings (SSSR count). The predicted octanol–water partition coefficient (Wildman–Crippen LogP) is 3.29. The second-order valence-corrected chi connectivity index (χ2v) is 4.27. The summed E-state index contributed by atoms with van der Waals surface area (Å²) < 4.78 is 15.7. The number of fused-ring (bicyclic) bond motifs is 1. The van der Waals surface area contributed by atoms with Crippen molar-refractivity contribution in [1.29, 1.82) is 0 Å². The first-order chi connectivity index (χ1) is 9.25. The SMILES string of the molecule is O=C(Oc1ccccc1Cl)c1cccc2c1OCO2. The molecule has 1 heterocycles. The van der Waals surface area contributed by atoms with Crippen molar-refractivity contribution in [3.63, 3.8) is 0 Å². The fourth-order valence-corrected chi connectivity index (χ4v) is 1.95. The van der Waals surface area contributed by atoms with Gasteiger partial charge in [0.25, 0.3) is 0 Å². The van der Waals surface area contributed by atoms with Gasteiger partial charge in [-0.1, -0.05) is 29.8 Å². The third-order valence-electron chi connectivity index (χ3n) is 2.66. The molecule has 19 heavy (non-hydrogen) atoms. The van der Waals surface area contributed by atoms with E-state index in [0.717, 1.165) is 0 Å². The van der Waals surface area contributed by atoms with Crippen molar-refractivity contribution in [2.24, 2.45) is 0 Å². The van der Waals surface area contributed by atoms with Gasteiger partial charge in [0.1, 0.15) is 11.3 Å². The minimum atomic E-state index is -0.532. The molecular weight excluding hydrogens is 268 g/mol. The van der Waals surface area contributed by atoms with Crippen molar-refractivity contribution in [1.82, 2.24) is 0 Å². The first kappa shape index (κ1) is 11.9. The number of carbonyl (C=O) groups is 1. The first-order valence-corrected chi connectivity index (χ1v) is 5.99. The van der Waals surface area contributed by atoms with Crippen LogP contribution in [0.5, 0.6) is 17.2 Å². The van der Waals surface area contributed by atoms with E-state index < -0.39 is 5.97 Å².